The lowest BCUT2D eigenvalue weighted by molar-refractivity contribution is 0.850. The first-order valence-electron chi connectivity index (χ1n) is 6.53. The summed E-state index contributed by atoms with van der Waals surface area (Å²) in [4.78, 5) is 8.76. The largest absolute Gasteiger partial charge is 0.370 e. The van der Waals surface area contributed by atoms with Gasteiger partial charge in [-0.3, -0.25) is 0 Å². The van der Waals surface area contributed by atoms with Crippen molar-refractivity contribution in [3.8, 4) is 0 Å². The molecule has 0 saturated heterocycles. The lowest BCUT2D eigenvalue weighted by Crippen LogP contribution is -2.06. The molecule has 1 aromatic heterocycles. The Balaban J connectivity index is 2.81. The molecule has 1 heterocycles. The maximum Gasteiger partial charge on any atom is 0.133 e. The van der Waals surface area contributed by atoms with E-state index in [4.69, 9.17) is 0 Å². The molecule has 4 heteroatoms. The van der Waals surface area contributed by atoms with Crippen LogP contribution in [-0.4, -0.2) is 22.3 Å². The molecule has 0 aliphatic carbocycles. The number of nitrogens with zero attached hydrogens (tertiary/aromatic N) is 2. The Morgan fingerprint density at radius 3 is 2.65 bits per heavy atom. The predicted molar refractivity (Wildman–Crippen MR) is 75.8 cm³/mol. The van der Waals surface area contributed by atoms with Crippen LogP contribution in [0.2, 0.25) is 0 Å². The van der Waals surface area contributed by atoms with Crippen molar-refractivity contribution in [1.82, 2.24) is 9.97 Å². The minimum absolute atomic E-state index is 0.910. The number of rotatable bonds is 8. The number of aromatic nitrogens is 2. The van der Waals surface area contributed by atoms with Crippen molar-refractivity contribution in [2.75, 3.05) is 17.6 Å². The predicted octanol–water partition coefficient (Wildman–Crippen LogP) is 3.75. The highest BCUT2D eigenvalue weighted by Gasteiger charge is 2.10. The molecule has 0 amide bonds. The number of hydrogen-bond acceptors (Lipinski definition) is 4. The molecular weight excluding hydrogens is 230 g/mol. The molecule has 96 valence electrons. The van der Waals surface area contributed by atoms with Crippen molar-refractivity contribution < 1.29 is 0 Å². The van der Waals surface area contributed by atoms with Gasteiger partial charge in [0.2, 0.25) is 0 Å². The van der Waals surface area contributed by atoms with Crippen LogP contribution in [0.5, 0.6) is 0 Å². The lowest BCUT2D eigenvalue weighted by Gasteiger charge is -2.12. The molecule has 0 radical (unpaired) electrons. The lowest BCUT2D eigenvalue weighted by atomic mass is 10.2. The van der Waals surface area contributed by atoms with E-state index in [2.05, 4.69) is 36.1 Å². The number of hydrogen-bond donors (Lipinski definition) is 1. The molecule has 17 heavy (non-hydrogen) atoms. The van der Waals surface area contributed by atoms with Crippen LogP contribution in [0.3, 0.4) is 0 Å². The summed E-state index contributed by atoms with van der Waals surface area (Å²) in [6.45, 7) is 7.43. The summed E-state index contributed by atoms with van der Waals surface area (Å²) >= 11 is 1.86. The molecule has 1 rings (SSSR count). The quantitative estimate of drug-likeness (QED) is 0.435. The molecule has 0 atom stereocenters. The monoisotopic (exact) mass is 253 g/mol. The summed E-state index contributed by atoms with van der Waals surface area (Å²) in [6, 6.07) is 0. The van der Waals surface area contributed by atoms with E-state index < -0.39 is 0 Å². The zero-order valence-corrected chi connectivity index (χ0v) is 11.9. The van der Waals surface area contributed by atoms with Gasteiger partial charge < -0.3 is 5.32 Å². The van der Waals surface area contributed by atoms with E-state index in [9.17, 15) is 0 Å². The second-order valence-corrected chi connectivity index (χ2v) is 5.07. The van der Waals surface area contributed by atoms with Gasteiger partial charge in [-0.25, -0.2) is 9.97 Å². The van der Waals surface area contributed by atoms with Crippen LogP contribution < -0.4 is 5.32 Å². The molecule has 0 aliphatic rings. The first-order chi connectivity index (χ1) is 8.33. The SMILES string of the molecule is CCCCSc1ncnc(NCC)c1CCC. The maximum absolute atomic E-state index is 4.42. The van der Waals surface area contributed by atoms with E-state index >= 15 is 0 Å². The minimum Gasteiger partial charge on any atom is -0.370 e. The molecule has 1 N–H and O–H groups in total. The highest BCUT2D eigenvalue weighted by atomic mass is 32.2. The Morgan fingerprint density at radius 2 is 2.00 bits per heavy atom. The zero-order chi connectivity index (χ0) is 12.5. The van der Waals surface area contributed by atoms with E-state index in [1.807, 2.05) is 11.8 Å². The van der Waals surface area contributed by atoms with E-state index in [0.29, 0.717) is 0 Å². The highest BCUT2D eigenvalue weighted by molar-refractivity contribution is 7.99. The molecule has 0 spiro atoms. The molecule has 0 unspecified atom stereocenters. The van der Waals surface area contributed by atoms with Crippen LogP contribution in [0.25, 0.3) is 0 Å². The van der Waals surface area contributed by atoms with Crippen molar-refractivity contribution in [3.05, 3.63) is 11.9 Å². The minimum atomic E-state index is 0.910. The average molecular weight is 253 g/mol. The Labute approximate surface area is 109 Å². The fraction of sp³-hybridized carbons (Fsp3) is 0.692. The van der Waals surface area contributed by atoms with Crippen molar-refractivity contribution in [1.29, 1.82) is 0 Å². The Bertz CT molecular complexity index is 328. The fourth-order valence-electron chi connectivity index (χ4n) is 1.63. The third-order valence-corrected chi connectivity index (χ3v) is 3.60. The molecule has 0 saturated carbocycles. The number of unbranched alkanes of at least 4 members (excludes halogenated alkanes) is 1. The molecule has 0 fully saturated rings. The Hall–Kier alpha value is -0.770. The topological polar surface area (TPSA) is 37.8 Å². The second-order valence-electron chi connectivity index (χ2n) is 3.99. The van der Waals surface area contributed by atoms with Crippen molar-refractivity contribution in [2.45, 2.75) is 51.5 Å². The van der Waals surface area contributed by atoms with Crippen molar-refractivity contribution >= 4 is 17.6 Å². The first kappa shape index (κ1) is 14.3. The summed E-state index contributed by atoms with van der Waals surface area (Å²) in [5.41, 5.74) is 1.29. The van der Waals surface area contributed by atoms with Gasteiger partial charge in [-0.15, -0.1) is 11.8 Å². The van der Waals surface area contributed by atoms with Gasteiger partial charge in [0.05, 0.1) is 0 Å². The molecule has 0 aromatic carbocycles. The third-order valence-electron chi connectivity index (χ3n) is 2.49. The van der Waals surface area contributed by atoms with E-state index in [0.717, 1.165) is 36.0 Å². The normalized spacial score (nSPS) is 10.5. The average Bonchev–Trinajstić information content (AvgIpc) is 2.33. The molecule has 1 aromatic rings. The van der Waals surface area contributed by atoms with Crippen LogP contribution in [0.15, 0.2) is 11.4 Å². The first-order valence-corrected chi connectivity index (χ1v) is 7.52. The summed E-state index contributed by atoms with van der Waals surface area (Å²) in [5, 5.41) is 4.49. The standard InChI is InChI=1S/C13H23N3S/c1-4-7-9-17-13-11(8-5-2)12(14-6-3)15-10-16-13/h10H,4-9H2,1-3H3,(H,14,15,16). The third kappa shape index (κ3) is 4.54. The van der Waals surface area contributed by atoms with Gasteiger partial charge in [0.15, 0.2) is 0 Å². The molecule has 3 nitrogen and oxygen atoms in total. The van der Waals surface area contributed by atoms with Crippen LogP contribution in [0.4, 0.5) is 5.82 Å². The van der Waals surface area contributed by atoms with E-state index in [-0.39, 0.29) is 0 Å². The van der Waals surface area contributed by atoms with Gasteiger partial charge in [0.1, 0.15) is 17.2 Å². The van der Waals surface area contributed by atoms with Gasteiger partial charge in [-0.05, 0) is 25.5 Å². The van der Waals surface area contributed by atoms with Crippen LogP contribution in [0.1, 0.15) is 45.6 Å². The van der Waals surface area contributed by atoms with E-state index in [1.54, 1.807) is 6.33 Å². The molecule has 0 bridgehead atoms. The zero-order valence-electron chi connectivity index (χ0n) is 11.1. The van der Waals surface area contributed by atoms with Gasteiger partial charge >= 0.3 is 0 Å². The summed E-state index contributed by atoms with van der Waals surface area (Å²) < 4.78 is 0. The maximum atomic E-state index is 4.42. The van der Waals surface area contributed by atoms with Crippen LogP contribution in [-0.2, 0) is 6.42 Å². The summed E-state index contributed by atoms with van der Waals surface area (Å²) in [7, 11) is 0. The van der Waals surface area contributed by atoms with Gasteiger partial charge in [-0.2, -0.15) is 0 Å². The molecular formula is C13H23N3S. The summed E-state index contributed by atoms with van der Waals surface area (Å²) in [6.07, 6.45) is 6.34. The number of anilines is 1. The van der Waals surface area contributed by atoms with Crippen molar-refractivity contribution in [3.63, 3.8) is 0 Å². The van der Waals surface area contributed by atoms with Crippen LogP contribution >= 0.6 is 11.8 Å². The Morgan fingerprint density at radius 1 is 1.18 bits per heavy atom. The smallest absolute Gasteiger partial charge is 0.133 e. The fourth-order valence-corrected chi connectivity index (χ4v) is 2.75. The van der Waals surface area contributed by atoms with Gasteiger partial charge in [0, 0.05) is 12.1 Å². The Kier molecular flexibility index (Phi) is 7.01. The number of thioether (sulfide) groups is 1. The second kappa shape index (κ2) is 8.34. The number of nitrogens with one attached hydrogen (secondary N) is 1. The van der Waals surface area contributed by atoms with Crippen LogP contribution in [0, 0.1) is 0 Å². The van der Waals surface area contributed by atoms with Gasteiger partial charge in [0.25, 0.3) is 0 Å². The molecule has 0 aliphatic heterocycles. The van der Waals surface area contributed by atoms with Gasteiger partial charge in [-0.1, -0.05) is 26.7 Å². The summed E-state index contributed by atoms with van der Waals surface area (Å²) in [5.74, 6) is 2.17. The van der Waals surface area contributed by atoms with Crippen molar-refractivity contribution in [2.24, 2.45) is 0 Å². The van der Waals surface area contributed by atoms with E-state index in [1.165, 1.54) is 18.4 Å². The highest BCUT2D eigenvalue weighted by Crippen LogP contribution is 2.26.